The Balaban J connectivity index is 1.44. The Morgan fingerprint density at radius 2 is 1.71 bits per heavy atom. The van der Waals surface area contributed by atoms with Gasteiger partial charge in [0.05, 0.1) is 11.3 Å². The quantitative estimate of drug-likeness (QED) is 0.525. The number of rotatable bonds is 6. The number of hydrogen-bond donors (Lipinski definition) is 2. The highest BCUT2D eigenvalue weighted by molar-refractivity contribution is 9.10. The topological polar surface area (TPSA) is 85.9 Å². The maximum absolute atomic E-state index is 12.8. The Bertz CT molecular complexity index is 1120. The molecule has 1 atom stereocenters. The second-order valence-corrected chi connectivity index (χ2v) is 7.69. The molecule has 0 radical (unpaired) electrons. The summed E-state index contributed by atoms with van der Waals surface area (Å²) >= 11 is 3.36. The molecule has 0 saturated carbocycles. The van der Waals surface area contributed by atoms with Gasteiger partial charge in [-0.2, -0.15) is 0 Å². The monoisotopic (exact) mass is 482 g/mol. The van der Waals surface area contributed by atoms with Gasteiger partial charge >= 0.3 is 0 Å². The number of nitrogens with one attached hydrogen (secondary N) is 2. The van der Waals surface area contributed by atoms with Crippen LogP contribution in [0.5, 0.6) is 17.2 Å². The van der Waals surface area contributed by atoms with Crippen LogP contribution < -0.4 is 24.8 Å². The number of fused-ring (bicyclic) bond motifs is 1. The lowest BCUT2D eigenvalue weighted by Crippen LogP contribution is -2.31. The molecule has 1 aliphatic rings. The van der Waals surface area contributed by atoms with Crippen LogP contribution in [0, 0.1) is 0 Å². The van der Waals surface area contributed by atoms with E-state index < -0.39 is 6.10 Å². The number of anilines is 2. The first-order valence-corrected chi connectivity index (χ1v) is 10.3. The number of ether oxygens (including phenoxy) is 3. The number of hydrogen-bond acceptors (Lipinski definition) is 5. The third-order valence-corrected chi connectivity index (χ3v) is 5.08. The first-order chi connectivity index (χ1) is 15.0. The summed E-state index contributed by atoms with van der Waals surface area (Å²) < 4.78 is 17.2. The third kappa shape index (κ3) is 4.97. The molecule has 0 fully saturated rings. The van der Waals surface area contributed by atoms with E-state index in [4.69, 9.17) is 14.2 Å². The van der Waals surface area contributed by atoms with Crippen LogP contribution in [0.1, 0.15) is 17.3 Å². The lowest BCUT2D eigenvalue weighted by atomic mass is 10.1. The molecule has 0 spiro atoms. The van der Waals surface area contributed by atoms with E-state index in [1.807, 2.05) is 12.1 Å². The number of amides is 2. The summed E-state index contributed by atoms with van der Waals surface area (Å²) in [5.74, 6) is 1.03. The van der Waals surface area contributed by atoms with Crippen molar-refractivity contribution >= 4 is 39.1 Å². The molecular weight excluding hydrogens is 464 g/mol. The first-order valence-electron chi connectivity index (χ1n) is 9.53. The molecule has 7 nitrogen and oxygen atoms in total. The predicted octanol–water partition coefficient (Wildman–Crippen LogP) is 4.84. The smallest absolute Gasteiger partial charge is 0.265 e. The van der Waals surface area contributed by atoms with Gasteiger partial charge in [-0.05, 0) is 55.5 Å². The summed E-state index contributed by atoms with van der Waals surface area (Å²) in [5.41, 5.74) is 1.27. The Labute approximate surface area is 187 Å². The molecule has 0 saturated heterocycles. The largest absolute Gasteiger partial charge is 0.481 e. The van der Waals surface area contributed by atoms with Crippen LogP contribution in [0.4, 0.5) is 11.4 Å². The molecule has 1 heterocycles. The van der Waals surface area contributed by atoms with Gasteiger partial charge in [-0.25, -0.2) is 0 Å². The van der Waals surface area contributed by atoms with Crippen LogP contribution >= 0.6 is 15.9 Å². The summed E-state index contributed by atoms with van der Waals surface area (Å²) in [6.45, 7) is 1.80. The number of carbonyl (C=O) groups excluding carboxylic acids is 2. The van der Waals surface area contributed by atoms with Gasteiger partial charge in [-0.1, -0.05) is 28.1 Å². The van der Waals surface area contributed by atoms with Crippen molar-refractivity contribution in [1.29, 1.82) is 0 Å². The van der Waals surface area contributed by atoms with Gasteiger partial charge in [-0.3, -0.25) is 9.59 Å². The molecule has 8 heteroatoms. The van der Waals surface area contributed by atoms with Crippen LogP contribution in [0.3, 0.4) is 0 Å². The van der Waals surface area contributed by atoms with Crippen LogP contribution in [0.15, 0.2) is 71.2 Å². The molecule has 3 aromatic carbocycles. The second-order valence-electron chi connectivity index (χ2n) is 6.77. The van der Waals surface area contributed by atoms with Gasteiger partial charge < -0.3 is 24.8 Å². The van der Waals surface area contributed by atoms with Crippen LogP contribution in [-0.4, -0.2) is 24.7 Å². The zero-order valence-electron chi connectivity index (χ0n) is 16.6. The third-order valence-electron chi connectivity index (χ3n) is 4.56. The molecule has 0 aliphatic carbocycles. The Hall–Kier alpha value is -3.52. The predicted molar refractivity (Wildman–Crippen MR) is 120 cm³/mol. The molecule has 0 bridgehead atoms. The summed E-state index contributed by atoms with van der Waals surface area (Å²) in [6, 6.07) is 19.1. The van der Waals surface area contributed by atoms with Gasteiger partial charge in [-0.15, -0.1) is 0 Å². The molecule has 2 amide bonds. The van der Waals surface area contributed by atoms with Gasteiger partial charge in [0, 0.05) is 16.2 Å². The minimum absolute atomic E-state index is 0.155. The molecule has 2 N–H and O–H groups in total. The van der Waals surface area contributed by atoms with E-state index in [1.54, 1.807) is 61.5 Å². The van der Waals surface area contributed by atoms with Crippen molar-refractivity contribution in [3.8, 4) is 17.2 Å². The SMILES string of the molecule is CC(Oc1ccc(Br)cc1)C(=O)Nc1ccccc1C(=O)Nc1ccc2c(c1)OCO2. The van der Waals surface area contributed by atoms with Crippen molar-refractivity contribution in [3.63, 3.8) is 0 Å². The highest BCUT2D eigenvalue weighted by Gasteiger charge is 2.19. The molecule has 31 heavy (non-hydrogen) atoms. The van der Waals surface area contributed by atoms with Crippen molar-refractivity contribution in [2.24, 2.45) is 0 Å². The normalized spacial score (nSPS) is 12.7. The molecule has 1 aliphatic heterocycles. The van der Waals surface area contributed by atoms with Crippen LogP contribution in [0.2, 0.25) is 0 Å². The van der Waals surface area contributed by atoms with E-state index in [9.17, 15) is 9.59 Å². The summed E-state index contributed by atoms with van der Waals surface area (Å²) in [6.07, 6.45) is -0.758. The lowest BCUT2D eigenvalue weighted by molar-refractivity contribution is -0.122. The minimum Gasteiger partial charge on any atom is -0.481 e. The van der Waals surface area contributed by atoms with Gasteiger partial charge in [0.1, 0.15) is 5.75 Å². The summed E-state index contributed by atoms with van der Waals surface area (Å²) in [5, 5.41) is 5.59. The zero-order valence-corrected chi connectivity index (χ0v) is 18.1. The van der Waals surface area contributed by atoms with Crippen molar-refractivity contribution in [3.05, 3.63) is 76.8 Å². The van der Waals surface area contributed by atoms with Gasteiger partial charge in [0.25, 0.3) is 11.8 Å². The van der Waals surface area contributed by atoms with Crippen molar-refractivity contribution in [2.45, 2.75) is 13.0 Å². The van der Waals surface area contributed by atoms with Crippen LogP contribution in [0.25, 0.3) is 0 Å². The average molecular weight is 483 g/mol. The molecule has 0 aromatic heterocycles. The molecule has 158 valence electrons. The molecule has 1 unspecified atom stereocenters. The van der Waals surface area contributed by atoms with E-state index in [1.165, 1.54) is 0 Å². The maximum Gasteiger partial charge on any atom is 0.265 e. The number of para-hydroxylation sites is 1. The van der Waals surface area contributed by atoms with Gasteiger partial charge in [0.15, 0.2) is 17.6 Å². The Morgan fingerprint density at radius 3 is 2.52 bits per heavy atom. The van der Waals surface area contributed by atoms with E-state index in [0.717, 1.165) is 4.47 Å². The van der Waals surface area contributed by atoms with Crippen LogP contribution in [-0.2, 0) is 4.79 Å². The fourth-order valence-electron chi connectivity index (χ4n) is 2.97. The number of benzene rings is 3. The average Bonchev–Trinajstić information content (AvgIpc) is 3.23. The van der Waals surface area contributed by atoms with Crippen molar-refractivity contribution < 1.29 is 23.8 Å². The number of halogens is 1. The molecule has 3 aromatic rings. The molecule has 4 rings (SSSR count). The standard InChI is InChI=1S/C23H19BrN2O5/c1-14(31-17-9-6-15(24)7-10-17)22(27)26-19-5-3-2-4-18(19)23(28)25-16-8-11-20-21(12-16)30-13-29-20/h2-12,14H,13H2,1H3,(H,25,28)(H,26,27). The van der Waals surface area contributed by atoms with Crippen molar-refractivity contribution in [1.82, 2.24) is 0 Å². The minimum atomic E-state index is -0.758. The Kier molecular flexibility index (Phi) is 6.08. The lowest BCUT2D eigenvalue weighted by Gasteiger charge is -2.16. The van der Waals surface area contributed by atoms with E-state index in [2.05, 4.69) is 26.6 Å². The zero-order chi connectivity index (χ0) is 21.8. The van der Waals surface area contributed by atoms with E-state index in [0.29, 0.717) is 34.2 Å². The first kappa shape index (κ1) is 20.7. The fraction of sp³-hybridized carbons (Fsp3) is 0.130. The summed E-state index contributed by atoms with van der Waals surface area (Å²) in [4.78, 5) is 25.5. The maximum atomic E-state index is 12.8. The second kappa shape index (κ2) is 9.09. The van der Waals surface area contributed by atoms with E-state index >= 15 is 0 Å². The van der Waals surface area contributed by atoms with E-state index in [-0.39, 0.29) is 18.6 Å². The Morgan fingerprint density at radius 1 is 0.968 bits per heavy atom. The highest BCUT2D eigenvalue weighted by atomic mass is 79.9. The van der Waals surface area contributed by atoms with Crippen molar-refractivity contribution in [2.75, 3.05) is 17.4 Å². The number of carbonyl (C=O) groups is 2. The highest BCUT2D eigenvalue weighted by Crippen LogP contribution is 2.34. The fourth-order valence-corrected chi connectivity index (χ4v) is 3.23. The molecular formula is C23H19BrN2O5. The van der Waals surface area contributed by atoms with Gasteiger partial charge in [0.2, 0.25) is 6.79 Å². The summed E-state index contributed by atoms with van der Waals surface area (Å²) in [7, 11) is 0.